The summed E-state index contributed by atoms with van der Waals surface area (Å²) in [5.41, 5.74) is 0.733. The standard InChI is InChI=1S/C18H24N6O/c25-18(14-3-7-19-8-4-14)23-10-5-16(6-11-23)24-9-1-2-15(12-24)17-20-13-21-22-17/h3-4,7-8,13,15-16H,1-2,5-6,9-12H2,(H,20,21,22)/t15-/m1/s1. The highest BCUT2D eigenvalue weighted by molar-refractivity contribution is 5.94. The van der Waals surface area contributed by atoms with Crippen molar-refractivity contribution in [3.63, 3.8) is 0 Å². The number of H-pyrrole nitrogens is 1. The van der Waals surface area contributed by atoms with Gasteiger partial charge in [0.1, 0.15) is 12.2 Å². The molecule has 25 heavy (non-hydrogen) atoms. The van der Waals surface area contributed by atoms with Crippen molar-refractivity contribution in [3.05, 3.63) is 42.2 Å². The lowest BCUT2D eigenvalue weighted by atomic mass is 9.93. The van der Waals surface area contributed by atoms with Crippen LogP contribution in [0.15, 0.2) is 30.9 Å². The highest BCUT2D eigenvalue weighted by Gasteiger charge is 2.31. The van der Waals surface area contributed by atoms with E-state index in [0.29, 0.717) is 12.0 Å². The van der Waals surface area contributed by atoms with Crippen molar-refractivity contribution >= 4 is 5.91 Å². The van der Waals surface area contributed by atoms with Gasteiger partial charge in [-0.2, -0.15) is 5.10 Å². The van der Waals surface area contributed by atoms with Crippen molar-refractivity contribution in [1.82, 2.24) is 30.0 Å². The van der Waals surface area contributed by atoms with Gasteiger partial charge < -0.3 is 4.90 Å². The Labute approximate surface area is 147 Å². The van der Waals surface area contributed by atoms with Crippen LogP contribution in [0.3, 0.4) is 0 Å². The number of carbonyl (C=O) groups excluding carboxylic acids is 1. The van der Waals surface area contributed by atoms with Crippen LogP contribution in [0.1, 0.15) is 47.8 Å². The number of likely N-dealkylation sites (tertiary alicyclic amines) is 2. The van der Waals surface area contributed by atoms with E-state index in [4.69, 9.17) is 0 Å². The van der Waals surface area contributed by atoms with E-state index < -0.39 is 0 Å². The summed E-state index contributed by atoms with van der Waals surface area (Å²) in [5.74, 6) is 1.58. The molecule has 0 saturated carbocycles. The van der Waals surface area contributed by atoms with E-state index >= 15 is 0 Å². The number of aromatic amines is 1. The summed E-state index contributed by atoms with van der Waals surface area (Å²) in [7, 11) is 0. The summed E-state index contributed by atoms with van der Waals surface area (Å²) in [5, 5.41) is 7.01. The van der Waals surface area contributed by atoms with Crippen molar-refractivity contribution in [2.24, 2.45) is 0 Å². The van der Waals surface area contributed by atoms with Crippen LogP contribution in [0.4, 0.5) is 0 Å². The second-order valence-corrected chi connectivity index (χ2v) is 6.96. The molecule has 4 heterocycles. The number of piperidine rings is 2. The maximum absolute atomic E-state index is 12.6. The van der Waals surface area contributed by atoms with E-state index in [-0.39, 0.29) is 5.91 Å². The molecule has 2 fully saturated rings. The molecule has 2 aliphatic heterocycles. The Kier molecular flexibility index (Phi) is 4.74. The van der Waals surface area contributed by atoms with E-state index in [0.717, 1.165) is 50.4 Å². The molecule has 4 rings (SSSR count). The fraction of sp³-hybridized carbons (Fsp3) is 0.556. The third-order valence-corrected chi connectivity index (χ3v) is 5.47. The number of aromatic nitrogens is 4. The highest BCUT2D eigenvalue weighted by Crippen LogP contribution is 2.28. The van der Waals surface area contributed by atoms with Gasteiger partial charge in [0, 0.05) is 49.6 Å². The second kappa shape index (κ2) is 7.31. The molecule has 1 amide bonds. The van der Waals surface area contributed by atoms with E-state index in [1.165, 1.54) is 12.8 Å². The minimum absolute atomic E-state index is 0.124. The topological polar surface area (TPSA) is 78.0 Å². The van der Waals surface area contributed by atoms with Crippen LogP contribution in [0.25, 0.3) is 0 Å². The van der Waals surface area contributed by atoms with Crippen molar-refractivity contribution in [1.29, 1.82) is 0 Å². The lowest BCUT2D eigenvalue weighted by Crippen LogP contribution is -2.49. The summed E-state index contributed by atoms with van der Waals surface area (Å²) in [4.78, 5) is 25.4. The largest absolute Gasteiger partial charge is 0.339 e. The SMILES string of the molecule is O=C(c1ccncc1)N1CCC(N2CCC[C@@H](c3ncn[nH]3)C2)CC1. The summed E-state index contributed by atoms with van der Waals surface area (Å²) in [6.07, 6.45) is 9.40. The van der Waals surface area contributed by atoms with Crippen molar-refractivity contribution in [2.45, 2.75) is 37.6 Å². The Balaban J connectivity index is 1.33. The summed E-state index contributed by atoms with van der Waals surface area (Å²) >= 11 is 0. The van der Waals surface area contributed by atoms with Gasteiger partial charge in [0.2, 0.25) is 0 Å². The first-order valence-corrected chi connectivity index (χ1v) is 9.10. The predicted octanol–water partition coefficient (Wildman–Crippen LogP) is 1.68. The van der Waals surface area contributed by atoms with E-state index in [1.54, 1.807) is 30.9 Å². The first kappa shape index (κ1) is 16.2. The van der Waals surface area contributed by atoms with Crippen molar-refractivity contribution < 1.29 is 4.79 Å². The molecule has 7 nitrogen and oxygen atoms in total. The third kappa shape index (κ3) is 3.56. The first-order valence-electron chi connectivity index (χ1n) is 9.10. The molecule has 2 aromatic rings. The van der Waals surface area contributed by atoms with Gasteiger partial charge in [0.05, 0.1) is 0 Å². The van der Waals surface area contributed by atoms with Crippen LogP contribution in [-0.2, 0) is 0 Å². The molecular weight excluding hydrogens is 316 g/mol. The predicted molar refractivity (Wildman–Crippen MR) is 93.1 cm³/mol. The molecule has 2 aliphatic rings. The smallest absolute Gasteiger partial charge is 0.253 e. The van der Waals surface area contributed by atoms with E-state index in [2.05, 4.69) is 25.1 Å². The lowest BCUT2D eigenvalue weighted by Gasteiger charge is -2.42. The Bertz CT molecular complexity index is 681. The number of rotatable bonds is 3. The molecule has 1 atom stereocenters. The second-order valence-electron chi connectivity index (χ2n) is 6.96. The quantitative estimate of drug-likeness (QED) is 0.920. The minimum Gasteiger partial charge on any atom is -0.339 e. The fourth-order valence-corrected chi connectivity index (χ4v) is 4.08. The highest BCUT2D eigenvalue weighted by atomic mass is 16.2. The fourth-order valence-electron chi connectivity index (χ4n) is 4.08. The van der Waals surface area contributed by atoms with Gasteiger partial charge in [-0.05, 0) is 44.4 Å². The Morgan fingerprint density at radius 3 is 2.64 bits per heavy atom. The average Bonchev–Trinajstić information content (AvgIpc) is 3.23. The molecular formula is C18H24N6O. The zero-order chi connectivity index (χ0) is 17.1. The molecule has 0 radical (unpaired) electrons. The number of carbonyl (C=O) groups is 1. The van der Waals surface area contributed by atoms with E-state index in [9.17, 15) is 4.79 Å². The van der Waals surface area contributed by atoms with E-state index in [1.807, 2.05) is 4.90 Å². The molecule has 2 aromatic heterocycles. The maximum Gasteiger partial charge on any atom is 0.253 e. The number of hydrogen-bond donors (Lipinski definition) is 1. The summed E-state index contributed by atoms with van der Waals surface area (Å²) in [6, 6.07) is 4.15. The van der Waals surface area contributed by atoms with Gasteiger partial charge in [0.15, 0.2) is 0 Å². The van der Waals surface area contributed by atoms with Crippen LogP contribution in [0, 0.1) is 0 Å². The zero-order valence-corrected chi connectivity index (χ0v) is 14.3. The summed E-state index contributed by atoms with van der Waals surface area (Å²) in [6.45, 7) is 3.84. The number of pyridine rings is 1. The Hall–Kier alpha value is -2.28. The molecule has 132 valence electrons. The van der Waals surface area contributed by atoms with Crippen molar-refractivity contribution in [3.8, 4) is 0 Å². The van der Waals surface area contributed by atoms with Crippen LogP contribution < -0.4 is 0 Å². The van der Waals surface area contributed by atoms with Crippen LogP contribution in [0.2, 0.25) is 0 Å². The monoisotopic (exact) mass is 340 g/mol. The van der Waals surface area contributed by atoms with Crippen LogP contribution in [0.5, 0.6) is 0 Å². The van der Waals surface area contributed by atoms with Gasteiger partial charge in [-0.15, -0.1) is 0 Å². The van der Waals surface area contributed by atoms with Crippen LogP contribution in [-0.4, -0.2) is 68.1 Å². The molecule has 7 heteroatoms. The lowest BCUT2D eigenvalue weighted by molar-refractivity contribution is 0.0568. The molecule has 0 bridgehead atoms. The maximum atomic E-state index is 12.6. The Morgan fingerprint density at radius 2 is 1.92 bits per heavy atom. The van der Waals surface area contributed by atoms with Gasteiger partial charge in [0.25, 0.3) is 5.91 Å². The first-order chi connectivity index (χ1) is 12.3. The number of nitrogens with one attached hydrogen (secondary N) is 1. The zero-order valence-electron chi connectivity index (χ0n) is 14.3. The van der Waals surface area contributed by atoms with Gasteiger partial charge >= 0.3 is 0 Å². The number of amides is 1. The molecule has 2 saturated heterocycles. The minimum atomic E-state index is 0.124. The van der Waals surface area contributed by atoms with Crippen molar-refractivity contribution in [2.75, 3.05) is 26.2 Å². The van der Waals surface area contributed by atoms with Gasteiger partial charge in [-0.3, -0.25) is 19.8 Å². The van der Waals surface area contributed by atoms with Gasteiger partial charge in [-0.1, -0.05) is 0 Å². The molecule has 0 unspecified atom stereocenters. The third-order valence-electron chi connectivity index (χ3n) is 5.47. The Morgan fingerprint density at radius 1 is 1.12 bits per heavy atom. The molecule has 0 aromatic carbocycles. The molecule has 0 spiro atoms. The summed E-state index contributed by atoms with van der Waals surface area (Å²) < 4.78 is 0. The molecule has 1 N–H and O–H groups in total. The number of nitrogens with zero attached hydrogens (tertiary/aromatic N) is 5. The molecule has 0 aliphatic carbocycles. The average molecular weight is 340 g/mol. The van der Waals surface area contributed by atoms with Gasteiger partial charge in [-0.25, -0.2) is 4.98 Å². The normalized spacial score (nSPS) is 22.9. The van der Waals surface area contributed by atoms with Crippen LogP contribution >= 0.6 is 0 Å². The number of hydrogen-bond acceptors (Lipinski definition) is 5.